The number of benzene rings is 2. The summed E-state index contributed by atoms with van der Waals surface area (Å²) in [6.45, 7) is 2.43. The topological polar surface area (TPSA) is 29.5 Å². The summed E-state index contributed by atoms with van der Waals surface area (Å²) >= 11 is 9.58. The molecule has 4 heteroatoms. The van der Waals surface area contributed by atoms with E-state index in [1.54, 1.807) is 0 Å². The van der Waals surface area contributed by atoms with Crippen LogP contribution in [0.25, 0.3) is 0 Å². The summed E-state index contributed by atoms with van der Waals surface area (Å²) in [6, 6.07) is 11.4. The van der Waals surface area contributed by atoms with Crippen molar-refractivity contribution in [3.8, 4) is 5.75 Å². The molecule has 0 saturated carbocycles. The molecule has 0 heterocycles. The molecule has 2 aromatic carbocycles. The second-order valence-electron chi connectivity index (χ2n) is 4.31. The molecule has 0 amide bonds. The van der Waals surface area contributed by atoms with Crippen LogP contribution in [-0.4, -0.2) is 5.11 Å². The van der Waals surface area contributed by atoms with E-state index in [1.807, 2.05) is 43.3 Å². The van der Waals surface area contributed by atoms with Crippen LogP contribution < -0.4 is 4.74 Å². The molecule has 0 aliphatic carbocycles. The van der Waals surface area contributed by atoms with Crippen LogP contribution in [0.5, 0.6) is 5.75 Å². The minimum Gasteiger partial charge on any atom is -0.488 e. The lowest BCUT2D eigenvalue weighted by Crippen LogP contribution is -1.97. The first-order chi connectivity index (χ1) is 9.10. The molecule has 2 rings (SSSR count). The molecule has 0 atom stereocenters. The second-order valence-corrected chi connectivity index (χ2v) is 5.57. The number of ether oxygens (including phenoxy) is 1. The zero-order valence-corrected chi connectivity index (χ0v) is 12.8. The SMILES string of the molecule is Cc1ccc(COc2ccc(CO)cc2Br)c(Cl)c1. The molecule has 0 bridgehead atoms. The van der Waals surface area contributed by atoms with Gasteiger partial charge in [-0.05, 0) is 52.2 Å². The molecule has 0 aliphatic heterocycles. The highest BCUT2D eigenvalue weighted by Crippen LogP contribution is 2.28. The molecule has 19 heavy (non-hydrogen) atoms. The van der Waals surface area contributed by atoms with E-state index in [9.17, 15) is 0 Å². The second kappa shape index (κ2) is 6.42. The summed E-state index contributed by atoms with van der Waals surface area (Å²) in [6.07, 6.45) is 0. The van der Waals surface area contributed by atoms with E-state index >= 15 is 0 Å². The first-order valence-electron chi connectivity index (χ1n) is 5.87. The fourth-order valence-corrected chi connectivity index (χ4v) is 2.51. The third kappa shape index (κ3) is 3.72. The Kier molecular flexibility index (Phi) is 4.86. The molecule has 0 radical (unpaired) electrons. The van der Waals surface area contributed by atoms with Gasteiger partial charge in [-0.1, -0.05) is 29.8 Å². The molecular formula is C15H14BrClO2. The minimum absolute atomic E-state index is 0.0165. The summed E-state index contributed by atoms with van der Waals surface area (Å²) < 4.78 is 6.55. The van der Waals surface area contributed by atoms with E-state index in [-0.39, 0.29) is 6.61 Å². The number of hydrogen-bond acceptors (Lipinski definition) is 2. The Labute approximate surface area is 126 Å². The maximum Gasteiger partial charge on any atom is 0.134 e. The van der Waals surface area contributed by atoms with Gasteiger partial charge in [0.25, 0.3) is 0 Å². The van der Waals surface area contributed by atoms with E-state index in [2.05, 4.69) is 15.9 Å². The number of rotatable bonds is 4. The predicted molar refractivity (Wildman–Crippen MR) is 80.6 cm³/mol. The number of aliphatic hydroxyl groups is 1. The maximum absolute atomic E-state index is 9.04. The van der Waals surface area contributed by atoms with Crippen LogP contribution in [0.1, 0.15) is 16.7 Å². The fraction of sp³-hybridized carbons (Fsp3) is 0.200. The molecule has 0 spiro atoms. The summed E-state index contributed by atoms with van der Waals surface area (Å²) in [5.74, 6) is 0.730. The van der Waals surface area contributed by atoms with Gasteiger partial charge in [-0.3, -0.25) is 0 Å². The van der Waals surface area contributed by atoms with Crippen molar-refractivity contribution < 1.29 is 9.84 Å². The lowest BCUT2D eigenvalue weighted by Gasteiger charge is -2.10. The van der Waals surface area contributed by atoms with E-state index in [4.69, 9.17) is 21.4 Å². The Balaban J connectivity index is 2.10. The van der Waals surface area contributed by atoms with Crippen molar-refractivity contribution in [2.75, 3.05) is 0 Å². The largest absolute Gasteiger partial charge is 0.488 e. The van der Waals surface area contributed by atoms with Gasteiger partial charge in [0.1, 0.15) is 12.4 Å². The average molecular weight is 342 g/mol. The van der Waals surface area contributed by atoms with E-state index in [0.717, 1.165) is 26.9 Å². The average Bonchev–Trinajstić information content (AvgIpc) is 2.39. The smallest absolute Gasteiger partial charge is 0.134 e. The number of aryl methyl sites for hydroxylation is 1. The van der Waals surface area contributed by atoms with Gasteiger partial charge < -0.3 is 9.84 Å². The molecule has 2 nitrogen and oxygen atoms in total. The van der Waals surface area contributed by atoms with Crippen molar-refractivity contribution in [3.05, 3.63) is 62.6 Å². The first kappa shape index (κ1) is 14.4. The highest BCUT2D eigenvalue weighted by Gasteiger charge is 2.05. The van der Waals surface area contributed by atoms with Crippen molar-refractivity contribution in [2.45, 2.75) is 20.1 Å². The first-order valence-corrected chi connectivity index (χ1v) is 7.04. The van der Waals surface area contributed by atoms with Crippen molar-refractivity contribution in [1.29, 1.82) is 0 Å². The Bertz CT molecular complexity index is 584. The fourth-order valence-electron chi connectivity index (χ4n) is 1.68. The van der Waals surface area contributed by atoms with Crippen molar-refractivity contribution in [1.82, 2.24) is 0 Å². The summed E-state index contributed by atoms with van der Waals surface area (Å²) in [5, 5.41) is 9.76. The van der Waals surface area contributed by atoms with Crippen molar-refractivity contribution in [3.63, 3.8) is 0 Å². The van der Waals surface area contributed by atoms with Crippen molar-refractivity contribution in [2.24, 2.45) is 0 Å². The Morgan fingerprint density at radius 2 is 2.00 bits per heavy atom. The highest BCUT2D eigenvalue weighted by molar-refractivity contribution is 9.10. The molecule has 0 unspecified atom stereocenters. The lowest BCUT2D eigenvalue weighted by atomic mass is 10.1. The zero-order valence-electron chi connectivity index (χ0n) is 10.5. The molecule has 2 aromatic rings. The van der Waals surface area contributed by atoms with Crippen LogP contribution in [0.3, 0.4) is 0 Å². The van der Waals surface area contributed by atoms with Gasteiger partial charge in [0.05, 0.1) is 11.1 Å². The van der Waals surface area contributed by atoms with Crippen LogP contribution in [0.4, 0.5) is 0 Å². The third-order valence-electron chi connectivity index (χ3n) is 2.77. The standard InChI is InChI=1S/C15H14BrClO2/c1-10-2-4-12(14(17)6-10)9-19-15-5-3-11(8-18)7-13(15)16/h2-7,18H,8-9H2,1H3. The molecule has 100 valence electrons. The lowest BCUT2D eigenvalue weighted by molar-refractivity contribution is 0.280. The number of aliphatic hydroxyl groups excluding tert-OH is 1. The third-order valence-corrected chi connectivity index (χ3v) is 3.74. The number of halogens is 2. The van der Waals surface area contributed by atoms with E-state index in [0.29, 0.717) is 11.6 Å². The van der Waals surface area contributed by atoms with Crippen LogP contribution in [-0.2, 0) is 13.2 Å². The minimum atomic E-state index is 0.0165. The maximum atomic E-state index is 9.04. The molecule has 0 aromatic heterocycles. The Morgan fingerprint density at radius 1 is 1.21 bits per heavy atom. The molecule has 1 N–H and O–H groups in total. The zero-order chi connectivity index (χ0) is 13.8. The monoisotopic (exact) mass is 340 g/mol. The molecular weight excluding hydrogens is 328 g/mol. The van der Waals surface area contributed by atoms with Gasteiger partial charge in [-0.15, -0.1) is 0 Å². The van der Waals surface area contributed by atoms with Gasteiger partial charge in [0, 0.05) is 10.6 Å². The Morgan fingerprint density at radius 3 is 2.63 bits per heavy atom. The van der Waals surface area contributed by atoms with Gasteiger partial charge >= 0.3 is 0 Å². The molecule has 0 saturated heterocycles. The van der Waals surface area contributed by atoms with E-state index < -0.39 is 0 Å². The molecule has 0 fully saturated rings. The summed E-state index contributed by atoms with van der Waals surface area (Å²) in [5.41, 5.74) is 2.92. The van der Waals surface area contributed by atoms with Crippen LogP contribution in [0.15, 0.2) is 40.9 Å². The normalized spacial score (nSPS) is 10.5. The van der Waals surface area contributed by atoms with Gasteiger partial charge in [-0.25, -0.2) is 0 Å². The number of hydrogen-bond donors (Lipinski definition) is 1. The van der Waals surface area contributed by atoms with Crippen LogP contribution in [0.2, 0.25) is 5.02 Å². The Hall–Kier alpha value is -1.03. The van der Waals surface area contributed by atoms with Crippen molar-refractivity contribution >= 4 is 27.5 Å². The highest BCUT2D eigenvalue weighted by atomic mass is 79.9. The molecule has 0 aliphatic rings. The van der Waals surface area contributed by atoms with Gasteiger partial charge in [0.2, 0.25) is 0 Å². The van der Waals surface area contributed by atoms with Gasteiger partial charge in [0.15, 0.2) is 0 Å². The predicted octanol–water partition coefficient (Wildman–Crippen LogP) is 4.48. The summed E-state index contributed by atoms with van der Waals surface area (Å²) in [7, 11) is 0. The van der Waals surface area contributed by atoms with Crippen LogP contribution in [0, 0.1) is 6.92 Å². The summed E-state index contributed by atoms with van der Waals surface area (Å²) in [4.78, 5) is 0. The van der Waals surface area contributed by atoms with Gasteiger partial charge in [-0.2, -0.15) is 0 Å². The quantitative estimate of drug-likeness (QED) is 0.888. The van der Waals surface area contributed by atoms with E-state index in [1.165, 1.54) is 0 Å². The van der Waals surface area contributed by atoms with Crippen LogP contribution >= 0.6 is 27.5 Å².